The van der Waals surface area contributed by atoms with E-state index in [0.717, 1.165) is 12.8 Å². The molecule has 0 radical (unpaired) electrons. The van der Waals surface area contributed by atoms with Gasteiger partial charge in [-0.15, -0.1) is 11.7 Å². The Kier molecular flexibility index (Phi) is 5.09. The van der Waals surface area contributed by atoms with Gasteiger partial charge < -0.3 is 0 Å². The van der Waals surface area contributed by atoms with Crippen molar-refractivity contribution in [1.29, 1.82) is 0 Å². The number of rotatable bonds is 6. The van der Waals surface area contributed by atoms with E-state index < -0.39 is 0 Å². The fourth-order valence-electron chi connectivity index (χ4n) is 2.49. The Morgan fingerprint density at radius 2 is 2.00 bits per heavy atom. The first-order valence-electron chi connectivity index (χ1n) is 7.78. The van der Waals surface area contributed by atoms with Crippen LogP contribution in [0.15, 0.2) is 60.2 Å². The van der Waals surface area contributed by atoms with Crippen LogP contribution in [0, 0.1) is 5.82 Å². The molecule has 2 heterocycles. The van der Waals surface area contributed by atoms with E-state index in [0.29, 0.717) is 28.6 Å². The second-order valence-electron chi connectivity index (χ2n) is 5.43. The van der Waals surface area contributed by atoms with Crippen LogP contribution in [-0.4, -0.2) is 19.3 Å². The minimum Gasteiger partial charge on any atom is -0.263 e. The molecule has 1 aromatic carbocycles. The zero-order valence-corrected chi connectivity index (χ0v) is 14.2. The van der Waals surface area contributed by atoms with E-state index in [9.17, 15) is 9.18 Å². The highest BCUT2D eigenvalue weighted by Gasteiger charge is 2.18. The second-order valence-corrected chi connectivity index (χ2v) is 5.83. The monoisotopic (exact) mass is 358 g/mol. The summed E-state index contributed by atoms with van der Waals surface area (Å²) in [5.41, 5.74) is 0.795. The summed E-state index contributed by atoms with van der Waals surface area (Å²) in [6, 6.07) is 7.36. The van der Waals surface area contributed by atoms with Crippen molar-refractivity contribution < 1.29 is 4.39 Å². The summed E-state index contributed by atoms with van der Waals surface area (Å²) in [6.45, 7) is 4.13. The third-order valence-corrected chi connectivity index (χ3v) is 4.02. The summed E-state index contributed by atoms with van der Waals surface area (Å²) >= 11 is 6.23. The molecular weight excluding hydrogens is 343 g/mol. The van der Waals surface area contributed by atoms with Crippen molar-refractivity contribution in [2.24, 2.45) is 0 Å². The standard InChI is InChI=1S/C18H16ClFN4O/c1-2-3-4-11-23-18(25)24(14-7-5-13(20)6-8-14)17(22-23)15-9-10-21-12-16(15)19/h2,5-10,12H,1,3-4,11H2. The van der Waals surface area contributed by atoms with Gasteiger partial charge in [-0.3, -0.25) is 4.98 Å². The summed E-state index contributed by atoms with van der Waals surface area (Å²) in [7, 11) is 0. The van der Waals surface area contributed by atoms with Crippen LogP contribution in [0.1, 0.15) is 12.8 Å². The lowest BCUT2D eigenvalue weighted by atomic mass is 10.2. The SMILES string of the molecule is C=CCCCn1nc(-c2ccncc2Cl)n(-c2ccc(F)cc2)c1=O. The van der Waals surface area contributed by atoms with Crippen LogP contribution in [0.5, 0.6) is 0 Å². The first kappa shape index (κ1) is 17.1. The van der Waals surface area contributed by atoms with Gasteiger partial charge in [0.2, 0.25) is 0 Å². The molecule has 0 saturated carbocycles. The maximum absolute atomic E-state index is 13.3. The molecule has 0 saturated heterocycles. The van der Waals surface area contributed by atoms with E-state index in [1.807, 2.05) is 0 Å². The topological polar surface area (TPSA) is 52.7 Å². The maximum atomic E-state index is 13.3. The highest BCUT2D eigenvalue weighted by atomic mass is 35.5. The smallest absolute Gasteiger partial charge is 0.263 e. The number of aryl methyl sites for hydroxylation is 1. The minimum atomic E-state index is -0.376. The normalized spacial score (nSPS) is 10.8. The van der Waals surface area contributed by atoms with E-state index in [1.54, 1.807) is 18.3 Å². The molecule has 0 aliphatic rings. The predicted octanol–water partition coefficient (Wildman–Crippen LogP) is 3.85. The van der Waals surface area contributed by atoms with E-state index in [4.69, 9.17) is 11.6 Å². The minimum absolute atomic E-state index is 0.307. The van der Waals surface area contributed by atoms with Crippen LogP contribution < -0.4 is 5.69 Å². The lowest BCUT2D eigenvalue weighted by Gasteiger charge is -2.06. The summed E-state index contributed by atoms with van der Waals surface area (Å²) < 4.78 is 16.1. The fourth-order valence-corrected chi connectivity index (χ4v) is 2.70. The van der Waals surface area contributed by atoms with Crippen LogP contribution in [0.2, 0.25) is 5.02 Å². The van der Waals surface area contributed by atoms with E-state index >= 15 is 0 Å². The van der Waals surface area contributed by atoms with Crippen molar-refractivity contribution in [2.45, 2.75) is 19.4 Å². The van der Waals surface area contributed by atoms with Crippen molar-refractivity contribution in [3.63, 3.8) is 0 Å². The van der Waals surface area contributed by atoms with Crippen LogP contribution >= 0.6 is 11.6 Å². The van der Waals surface area contributed by atoms with Crippen molar-refractivity contribution in [3.05, 3.63) is 76.7 Å². The maximum Gasteiger partial charge on any atom is 0.350 e. The van der Waals surface area contributed by atoms with Crippen molar-refractivity contribution in [1.82, 2.24) is 19.3 Å². The summed E-state index contributed by atoms with van der Waals surface area (Å²) in [5, 5.41) is 4.82. The Morgan fingerprint density at radius 1 is 1.24 bits per heavy atom. The van der Waals surface area contributed by atoms with Crippen LogP contribution in [0.25, 0.3) is 17.1 Å². The molecule has 3 rings (SSSR count). The molecule has 2 aromatic heterocycles. The molecule has 0 aliphatic carbocycles. The van der Waals surface area contributed by atoms with Crippen LogP contribution in [-0.2, 0) is 6.54 Å². The molecule has 0 amide bonds. The van der Waals surface area contributed by atoms with Gasteiger partial charge in [0.25, 0.3) is 0 Å². The number of unbranched alkanes of at least 4 members (excludes halogenated alkanes) is 1. The molecule has 0 N–H and O–H groups in total. The molecule has 0 atom stereocenters. The number of benzene rings is 1. The predicted molar refractivity (Wildman–Crippen MR) is 95.5 cm³/mol. The zero-order chi connectivity index (χ0) is 17.8. The van der Waals surface area contributed by atoms with Gasteiger partial charge in [-0.05, 0) is 43.2 Å². The fraction of sp³-hybridized carbons (Fsp3) is 0.167. The molecular formula is C18H16ClFN4O. The summed E-state index contributed by atoms with van der Waals surface area (Å²) in [6.07, 6.45) is 6.39. The molecule has 0 unspecified atom stereocenters. The third-order valence-electron chi connectivity index (χ3n) is 3.72. The molecule has 5 nitrogen and oxygen atoms in total. The molecule has 0 fully saturated rings. The number of hydrogen-bond acceptors (Lipinski definition) is 3. The van der Waals surface area contributed by atoms with Gasteiger partial charge in [-0.1, -0.05) is 17.7 Å². The molecule has 0 spiro atoms. The zero-order valence-electron chi connectivity index (χ0n) is 13.4. The van der Waals surface area contributed by atoms with E-state index in [1.165, 1.54) is 39.7 Å². The van der Waals surface area contributed by atoms with Crippen molar-refractivity contribution in [2.75, 3.05) is 0 Å². The highest BCUT2D eigenvalue weighted by Crippen LogP contribution is 2.26. The van der Waals surface area contributed by atoms with Gasteiger partial charge in [0.1, 0.15) is 5.82 Å². The van der Waals surface area contributed by atoms with Gasteiger partial charge in [0.15, 0.2) is 5.82 Å². The van der Waals surface area contributed by atoms with Crippen molar-refractivity contribution >= 4 is 11.6 Å². The van der Waals surface area contributed by atoms with Crippen LogP contribution in [0.4, 0.5) is 4.39 Å². The van der Waals surface area contributed by atoms with Gasteiger partial charge >= 0.3 is 5.69 Å². The Morgan fingerprint density at radius 3 is 2.68 bits per heavy atom. The average Bonchev–Trinajstić information content (AvgIpc) is 2.93. The third kappa shape index (κ3) is 3.53. The summed E-state index contributed by atoms with van der Waals surface area (Å²) in [4.78, 5) is 16.8. The van der Waals surface area contributed by atoms with Gasteiger partial charge in [0.05, 0.1) is 10.7 Å². The van der Waals surface area contributed by atoms with E-state index in [2.05, 4.69) is 16.7 Å². The number of pyridine rings is 1. The first-order chi connectivity index (χ1) is 12.1. The Labute approximate surface area is 149 Å². The van der Waals surface area contributed by atoms with Gasteiger partial charge in [-0.25, -0.2) is 18.4 Å². The number of hydrogen-bond donors (Lipinski definition) is 0. The van der Waals surface area contributed by atoms with Gasteiger partial charge in [0, 0.05) is 24.5 Å². The molecule has 3 aromatic rings. The molecule has 7 heteroatoms. The molecule has 128 valence electrons. The lowest BCUT2D eigenvalue weighted by molar-refractivity contribution is 0.562. The second kappa shape index (κ2) is 7.44. The molecule has 0 bridgehead atoms. The average molecular weight is 359 g/mol. The Bertz CT molecular complexity index is 946. The van der Waals surface area contributed by atoms with Crippen molar-refractivity contribution in [3.8, 4) is 17.1 Å². The van der Waals surface area contributed by atoms with Gasteiger partial charge in [-0.2, -0.15) is 0 Å². The largest absolute Gasteiger partial charge is 0.350 e. The Hall–Kier alpha value is -2.73. The number of halogens is 2. The van der Waals surface area contributed by atoms with Crippen LogP contribution in [0.3, 0.4) is 0 Å². The molecule has 25 heavy (non-hydrogen) atoms. The summed E-state index contributed by atoms with van der Waals surface area (Å²) in [5.74, 6) is 0.0151. The quantitative estimate of drug-likeness (QED) is 0.496. The number of aromatic nitrogens is 4. The lowest BCUT2D eigenvalue weighted by Crippen LogP contribution is -2.24. The number of allylic oxidation sites excluding steroid dienone is 1. The number of nitrogens with zero attached hydrogens (tertiary/aromatic N) is 4. The van der Waals surface area contributed by atoms with E-state index in [-0.39, 0.29) is 11.5 Å². The Balaban J connectivity index is 2.16. The first-order valence-corrected chi connectivity index (χ1v) is 8.16. The molecule has 0 aliphatic heterocycles. The highest BCUT2D eigenvalue weighted by molar-refractivity contribution is 6.33.